The minimum Gasteiger partial charge on any atom is -0.376 e. The van der Waals surface area contributed by atoms with Gasteiger partial charge in [0.25, 0.3) is 0 Å². The zero-order valence-corrected chi connectivity index (χ0v) is 6.17. The van der Waals surface area contributed by atoms with Gasteiger partial charge < -0.3 is 4.74 Å². The van der Waals surface area contributed by atoms with E-state index in [1.165, 1.54) is 18.7 Å². The van der Waals surface area contributed by atoms with Crippen molar-refractivity contribution in [3.63, 3.8) is 0 Å². The Morgan fingerprint density at radius 1 is 1.44 bits per heavy atom. The third-order valence-electron chi connectivity index (χ3n) is 1.82. The smallest absolute Gasteiger partial charge is 0.112 e. The van der Waals surface area contributed by atoms with Crippen LogP contribution in [0, 0.1) is 0 Å². The van der Waals surface area contributed by atoms with Crippen LogP contribution in [0.5, 0.6) is 0 Å². The molecule has 2 rings (SSSR count). The average molecular weight is 145 g/mol. The molecule has 0 bridgehead atoms. The summed E-state index contributed by atoms with van der Waals surface area (Å²) >= 11 is 2.02. The standard InChI is InChI=1S/C6H11NOS/c1-2-7-6(9-3-1)4-8-5-6/h7H,1-5H2. The molecule has 52 valence electrons. The number of rotatable bonds is 0. The first kappa shape index (κ1) is 6.01. The quantitative estimate of drug-likeness (QED) is 0.534. The number of thioether (sulfide) groups is 1. The van der Waals surface area contributed by atoms with Crippen LogP contribution in [0.4, 0.5) is 0 Å². The summed E-state index contributed by atoms with van der Waals surface area (Å²) in [6.07, 6.45) is 1.31. The molecule has 2 heterocycles. The van der Waals surface area contributed by atoms with E-state index in [-0.39, 0.29) is 0 Å². The van der Waals surface area contributed by atoms with Crippen molar-refractivity contribution in [2.75, 3.05) is 25.5 Å². The zero-order valence-electron chi connectivity index (χ0n) is 5.35. The SMILES string of the molecule is C1CNC2(COC2)SC1. The van der Waals surface area contributed by atoms with Crippen molar-refractivity contribution < 1.29 is 4.74 Å². The molecule has 1 spiro atoms. The van der Waals surface area contributed by atoms with Crippen LogP contribution in [0.3, 0.4) is 0 Å². The van der Waals surface area contributed by atoms with E-state index in [0.29, 0.717) is 4.87 Å². The normalized spacial score (nSPS) is 32.0. The number of nitrogens with one attached hydrogen (secondary N) is 1. The van der Waals surface area contributed by atoms with Gasteiger partial charge >= 0.3 is 0 Å². The number of hydrogen-bond donors (Lipinski definition) is 1. The fourth-order valence-corrected chi connectivity index (χ4v) is 2.40. The molecule has 9 heavy (non-hydrogen) atoms. The average Bonchev–Trinajstić information content (AvgIpc) is 1.87. The summed E-state index contributed by atoms with van der Waals surface area (Å²) in [5.74, 6) is 1.30. The van der Waals surface area contributed by atoms with E-state index in [1.807, 2.05) is 11.8 Å². The highest BCUT2D eigenvalue weighted by atomic mass is 32.2. The summed E-state index contributed by atoms with van der Waals surface area (Å²) < 4.78 is 5.13. The monoisotopic (exact) mass is 145 g/mol. The van der Waals surface area contributed by atoms with E-state index in [1.54, 1.807) is 0 Å². The van der Waals surface area contributed by atoms with Gasteiger partial charge in [0.05, 0.1) is 13.2 Å². The molecule has 3 heteroatoms. The molecule has 1 N–H and O–H groups in total. The highest BCUT2D eigenvalue weighted by molar-refractivity contribution is 8.00. The van der Waals surface area contributed by atoms with Crippen molar-refractivity contribution in [2.24, 2.45) is 0 Å². The van der Waals surface area contributed by atoms with Gasteiger partial charge in [-0.05, 0) is 18.7 Å². The molecule has 2 fully saturated rings. The fraction of sp³-hybridized carbons (Fsp3) is 1.00. The molecule has 0 aliphatic carbocycles. The van der Waals surface area contributed by atoms with Crippen molar-refractivity contribution in [1.29, 1.82) is 0 Å². The molecular weight excluding hydrogens is 134 g/mol. The van der Waals surface area contributed by atoms with Crippen LogP contribution in [-0.2, 0) is 4.74 Å². The van der Waals surface area contributed by atoms with E-state index in [0.717, 1.165) is 13.2 Å². The van der Waals surface area contributed by atoms with E-state index < -0.39 is 0 Å². The lowest BCUT2D eigenvalue weighted by atomic mass is 10.2. The zero-order chi connectivity index (χ0) is 6.16. The lowest BCUT2D eigenvalue weighted by Gasteiger charge is -2.44. The Hall–Kier alpha value is 0.270. The van der Waals surface area contributed by atoms with Crippen molar-refractivity contribution >= 4 is 11.8 Å². The van der Waals surface area contributed by atoms with E-state index in [9.17, 15) is 0 Å². The molecule has 0 atom stereocenters. The van der Waals surface area contributed by atoms with Crippen LogP contribution >= 0.6 is 11.8 Å². The topological polar surface area (TPSA) is 21.3 Å². The number of ether oxygens (including phenoxy) is 1. The first-order valence-corrected chi connectivity index (χ1v) is 4.37. The molecule has 0 amide bonds. The van der Waals surface area contributed by atoms with Gasteiger partial charge in [-0.3, -0.25) is 5.32 Å². The first-order valence-electron chi connectivity index (χ1n) is 3.38. The maximum Gasteiger partial charge on any atom is 0.112 e. The lowest BCUT2D eigenvalue weighted by Crippen LogP contribution is -2.60. The second kappa shape index (κ2) is 2.15. The van der Waals surface area contributed by atoms with Gasteiger partial charge in [-0.15, -0.1) is 11.8 Å². The molecule has 0 unspecified atom stereocenters. The molecule has 0 aromatic carbocycles. The maximum absolute atomic E-state index is 5.13. The summed E-state index contributed by atoms with van der Waals surface area (Å²) in [5, 5.41) is 3.47. The molecular formula is C6H11NOS. The van der Waals surface area contributed by atoms with Crippen LogP contribution in [-0.4, -0.2) is 30.4 Å². The van der Waals surface area contributed by atoms with Crippen LogP contribution < -0.4 is 5.32 Å². The van der Waals surface area contributed by atoms with Gasteiger partial charge in [0.1, 0.15) is 4.87 Å². The van der Waals surface area contributed by atoms with Crippen molar-refractivity contribution in [1.82, 2.24) is 5.32 Å². The molecule has 2 aliphatic heterocycles. The summed E-state index contributed by atoms with van der Waals surface area (Å²) in [6.45, 7) is 3.01. The molecule has 2 nitrogen and oxygen atoms in total. The predicted octanol–water partition coefficient (Wildman–Crippen LogP) is 0.439. The van der Waals surface area contributed by atoms with Crippen molar-refractivity contribution in [3.8, 4) is 0 Å². The largest absolute Gasteiger partial charge is 0.376 e. The van der Waals surface area contributed by atoms with Crippen LogP contribution in [0.25, 0.3) is 0 Å². The Morgan fingerprint density at radius 2 is 2.33 bits per heavy atom. The van der Waals surface area contributed by atoms with Crippen LogP contribution in [0.15, 0.2) is 0 Å². The summed E-state index contributed by atoms with van der Waals surface area (Å²) in [7, 11) is 0. The lowest BCUT2D eigenvalue weighted by molar-refractivity contribution is -0.0254. The summed E-state index contributed by atoms with van der Waals surface area (Å²) in [4.78, 5) is 0.345. The molecule has 2 aliphatic rings. The maximum atomic E-state index is 5.13. The van der Waals surface area contributed by atoms with E-state index in [2.05, 4.69) is 5.32 Å². The number of hydrogen-bond acceptors (Lipinski definition) is 3. The van der Waals surface area contributed by atoms with Crippen LogP contribution in [0.2, 0.25) is 0 Å². The Kier molecular flexibility index (Phi) is 1.43. The first-order chi connectivity index (χ1) is 4.41. The van der Waals surface area contributed by atoms with Gasteiger partial charge in [0.2, 0.25) is 0 Å². The van der Waals surface area contributed by atoms with Gasteiger partial charge in [-0.1, -0.05) is 0 Å². The van der Waals surface area contributed by atoms with Gasteiger partial charge in [0, 0.05) is 0 Å². The van der Waals surface area contributed by atoms with Crippen LogP contribution in [0.1, 0.15) is 6.42 Å². The Morgan fingerprint density at radius 3 is 2.67 bits per heavy atom. The molecule has 0 aromatic heterocycles. The van der Waals surface area contributed by atoms with E-state index >= 15 is 0 Å². The Balaban J connectivity index is 1.93. The van der Waals surface area contributed by atoms with Gasteiger partial charge in [-0.25, -0.2) is 0 Å². The third-order valence-corrected chi connectivity index (χ3v) is 3.24. The Labute approximate surface area is 59.3 Å². The summed E-state index contributed by atoms with van der Waals surface area (Å²) in [5.41, 5.74) is 0. The third kappa shape index (κ3) is 0.974. The van der Waals surface area contributed by atoms with Crippen molar-refractivity contribution in [2.45, 2.75) is 11.3 Å². The van der Waals surface area contributed by atoms with Gasteiger partial charge in [-0.2, -0.15) is 0 Å². The Bertz CT molecular complexity index is 106. The second-order valence-corrected chi connectivity index (χ2v) is 4.09. The molecule has 0 radical (unpaired) electrons. The summed E-state index contributed by atoms with van der Waals surface area (Å²) in [6, 6.07) is 0. The van der Waals surface area contributed by atoms with Crippen molar-refractivity contribution in [3.05, 3.63) is 0 Å². The molecule has 0 saturated carbocycles. The van der Waals surface area contributed by atoms with E-state index in [4.69, 9.17) is 4.74 Å². The fourth-order valence-electron chi connectivity index (χ4n) is 1.18. The minimum atomic E-state index is 0.345. The highest BCUT2D eigenvalue weighted by Gasteiger charge is 2.39. The predicted molar refractivity (Wildman–Crippen MR) is 38.6 cm³/mol. The highest BCUT2D eigenvalue weighted by Crippen LogP contribution is 2.33. The molecule has 0 aromatic rings. The van der Waals surface area contributed by atoms with Gasteiger partial charge in [0.15, 0.2) is 0 Å². The molecule has 2 saturated heterocycles. The minimum absolute atomic E-state index is 0.345. The second-order valence-electron chi connectivity index (χ2n) is 2.62.